The number of amides is 2. The number of carbonyl (C=O) groups is 2. The number of nitrogens with zero attached hydrogens (tertiary/aromatic N) is 2. The average molecular weight is 234 g/mol. The summed E-state index contributed by atoms with van der Waals surface area (Å²) >= 11 is 0. The highest BCUT2D eigenvalue weighted by Gasteiger charge is 2.42. The van der Waals surface area contributed by atoms with Gasteiger partial charge < -0.3 is 15.2 Å². The molecule has 2 N–H and O–H groups in total. The van der Waals surface area contributed by atoms with E-state index in [1.165, 1.54) is 0 Å². The van der Waals surface area contributed by atoms with E-state index < -0.39 is 6.04 Å². The zero-order valence-corrected chi connectivity index (χ0v) is 9.35. The van der Waals surface area contributed by atoms with E-state index >= 15 is 0 Å². The van der Waals surface area contributed by atoms with Crippen molar-refractivity contribution >= 4 is 11.8 Å². The van der Waals surface area contributed by atoms with E-state index in [0.29, 0.717) is 13.0 Å². The molecule has 2 atom stereocenters. The Morgan fingerprint density at radius 3 is 3.12 bits per heavy atom. The molecule has 0 saturated carbocycles. The van der Waals surface area contributed by atoms with Gasteiger partial charge in [-0.2, -0.15) is 0 Å². The lowest BCUT2D eigenvalue weighted by molar-refractivity contribution is -0.147. The second-order valence-corrected chi connectivity index (χ2v) is 4.53. The second-order valence-electron chi connectivity index (χ2n) is 4.53. The van der Waals surface area contributed by atoms with E-state index in [1.807, 2.05) is 0 Å². The molecule has 0 aromatic carbocycles. The number of nitrogens with one attached hydrogen (secondary N) is 2. The molecule has 0 radical (unpaired) electrons. The smallest absolute Gasteiger partial charge is 0.246 e. The van der Waals surface area contributed by atoms with E-state index in [0.717, 1.165) is 18.5 Å². The molecule has 17 heavy (non-hydrogen) atoms. The van der Waals surface area contributed by atoms with Gasteiger partial charge in [0, 0.05) is 24.9 Å². The number of aromatic amines is 1. The van der Waals surface area contributed by atoms with E-state index in [4.69, 9.17) is 0 Å². The summed E-state index contributed by atoms with van der Waals surface area (Å²) in [6.45, 7) is 0.705. The Labute approximate surface area is 98.4 Å². The van der Waals surface area contributed by atoms with Gasteiger partial charge in [-0.1, -0.05) is 0 Å². The lowest BCUT2D eigenvalue weighted by Gasteiger charge is -2.34. The maximum atomic E-state index is 12.2. The third kappa shape index (κ3) is 1.69. The highest BCUT2D eigenvalue weighted by molar-refractivity contribution is 5.97. The molecule has 90 valence electrons. The Bertz CT molecular complexity index is 442. The van der Waals surface area contributed by atoms with Gasteiger partial charge in [0.1, 0.15) is 12.1 Å². The number of rotatable bonds is 2. The number of fused-ring (bicyclic) bond motifs is 1. The zero-order chi connectivity index (χ0) is 11.8. The number of aromatic nitrogens is 2. The molecule has 2 saturated heterocycles. The Hall–Kier alpha value is -1.85. The SMILES string of the molecule is O=C1N[C@H](Cc2cnc[nH]2)C(=O)N2CCC[C@H]12. The predicted molar refractivity (Wildman–Crippen MR) is 59.0 cm³/mol. The van der Waals surface area contributed by atoms with Crippen molar-refractivity contribution < 1.29 is 9.59 Å². The Morgan fingerprint density at radius 1 is 1.47 bits per heavy atom. The van der Waals surface area contributed by atoms with Crippen LogP contribution < -0.4 is 5.32 Å². The standard InChI is InChI=1S/C11H14N4O2/c16-10-9-2-1-3-15(9)11(17)8(14-10)4-7-5-12-6-13-7/h5-6,8-9H,1-4H2,(H,12,13)(H,14,16)/t8-,9-/m1/s1. The summed E-state index contributed by atoms with van der Waals surface area (Å²) in [6, 6.07) is -0.683. The Morgan fingerprint density at radius 2 is 2.35 bits per heavy atom. The molecule has 3 rings (SSSR count). The third-order valence-corrected chi connectivity index (χ3v) is 3.43. The summed E-state index contributed by atoms with van der Waals surface area (Å²) in [5.41, 5.74) is 0.862. The van der Waals surface area contributed by atoms with Crippen molar-refractivity contribution in [3.8, 4) is 0 Å². The van der Waals surface area contributed by atoms with Crippen LogP contribution in [-0.2, 0) is 16.0 Å². The molecule has 0 aliphatic carbocycles. The van der Waals surface area contributed by atoms with Gasteiger partial charge >= 0.3 is 0 Å². The van der Waals surface area contributed by atoms with Gasteiger partial charge in [-0.25, -0.2) is 4.98 Å². The number of imidazole rings is 1. The summed E-state index contributed by atoms with van der Waals surface area (Å²) in [5.74, 6) is 0.00770. The third-order valence-electron chi connectivity index (χ3n) is 3.43. The van der Waals surface area contributed by atoms with Gasteiger partial charge in [0.15, 0.2) is 0 Å². The summed E-state index contributed by atoms with van der Waals surface area (Å²) in [7, 11) is 0. The summed E-state index contributed by atoms with van der Waals surface area (Å²) in [6.07, 6.45) is 5.43. The Kier molecular flexibility index (Phi) is 2.35. The fourth-order valence-corrected chi connectivity index (χ4v) is 2.59. The first-order chi connectivity index (χ1) is 8.25. The number of piperazine rings is 1. The monoisotopic (exact) mass is 234 g/mol. The van der Waals surface area contributed by atoms with Crippen LogP contribution in [-0.4, -0.2) is 45.3 Å². The fraction of sp³-hybridized carbons (Fsp3) is 0.545. The molecule has 1 aromatic rings. The lowest BCUT2D eigenvalue weighted by Crippen LogP contribution is -2.61. The largest absolute Gasteiger partial charge is 0.348 e. The maximum Gasteiger partial charge on any atom is 0.246 e. The lowest BCUT2D eigenvalue weighted by atomic mass is 10.0. The minimum Gasteiger partial charge on any atom is -0.348 e. The number of hydrogen-bond donors (Lipinski definition) is 2. The van der Waals surface area contributed by atoms with Gasteiger partial charge in [0.2, 0.25) is 11.8 Å². The van der Waals surface area contributed by atoms with Crippen LogP contribution in [0.3, 0.4) is 0 Å². The molecule has 1 aromatic heterocycles. The van der Waals surface area contributed by atoms with Crippen molar-refractivity contribution in [3.05, 3.63) is 18.2 Å². The molecule has 0 spiro atoms. The van der Waals surface area contributed by atoms with Crippen LogP contribution in [0.5, 0.6) is 0 Å². The molecule has 0 unspecified atom stereocenters. The highest BCUT2D eigenvalue weighted by atomic mass is 16.2. The molecule has 2 aliphatic heterocycles. The van der Waals surface area contributed by atoms with Crippen molar-refractivity contribution in [2.45, 2.75) is 31.3 Å². The molecule has 2 fully saturated rings. The molecule has 3 heterocycles. The van der Waals surface area contributed by atoms with Crippen LogP contribution in [0.15, 0.2) is 12.5 Å². The van der Waals surface area contributed by atoms with Crippen LogP contribution in [0.25, 0.3) is 0 Å². The van der Waals surface area contributed by atoms with Crippen LogP contribution in [0.2, 0.25) is 0 Å². The van der Waals surface area contributed by atoms with Gasteiger partial charge in [-0.3, -0.25) is 9.59 Å². The molecule has 6 nitrogen and oxygen atoms in total. The van der Waals surface area contributed by atoms with E-state index in [9.17, 15) is 9.59 Å². The van der Waals surface area contributed by atoms with E-state index in [1.54, 1.807) is 17.4 Å². The summed E-state index contributed by atoms with van der Waals surface area (Å²) in [5, 5.41) is 2.80. The Balaban J connectivity index is 1.77. The normalized spacial score (nSPS) is 28.1. The first-order valence-electron chi connectivity index (χ1n) is 5.84. The predicted octanol–water partition coefficient (Wildman–Crippen LogP) is -0.558. The fourth-order valence-electron chi connectivity index (χ4n) is 2.59. The number of hydrogen-bond acceptors (Lipinski definition) is 3. The van der Waals surface area contributed by atoms with Crippen molar-refractivity contribution in [1.29, 1.82) is 0 Å². The van der Waals surface area contributed by atoms with Gasteiger partial charge in [-0.15, -0.1) is 0 Å². The summed E-state index contributed by atoms with van der Waals surface area (Å²) in [4.78, 5) is 32.5. The van der Waals surface area contributed by atoms with Crippen molar-refractivity contribution in [2.24, 2.45) is 0 Å². The number of H-pyrrole nitrogens is 1. The van der Waals surface area contributed by atoms with Gasteiger partial charge in [0.25, 0.3) is 0 Å². The maximum absolute atomic E-state index is 12.2. The zero-order valence-electron chi connectivity index (χ0n) is 9.35. The van der Waals surface area contributed by atoms with Crippen molar-refractivity contribution in [2.75, 3.05) is 6.54 Å². The molecule has 0 bridgehead atoms. The molecule has 2 aliphatic rings. The second kappa shape index (κ2) is 3.87. The minimum absolute atomic E-state index is 0.0217. The van der Waals surface area contributed by atoms with Crippen LogP contribution in [0, 0.1) is 0 Å². The van der Waals surface area contributed by atoms with Crippen LogP contribution in [0.4, 0.5) is 0 Å². The average Bonchev–Trinajstić information content (AvgIpc) is 2.96. The van der Waals surface area contributed by atoms with Crippen LogP contribution in [0.1, 0.15) is 18.5 Å². The molecule has 2 amide bonds. The van der Waals surface area contributed by atoms with E-state index in [2.05, 4.69) is 15.3 Å². The molecular formula is C11H14N4O2. The highest BCUT2D eigenvalue weighted by Crippen LogP contribution is 2.22. The first kappa shape index (κ1) is 10.3. The quantitative estimate of drug-likeness (QED) is 0.720. The number of carbonyl (C=O) groups excluding carboxylic acids is 2. The van der Waals surface area contributed by atoms with Gasteiger partial charge in [0.05, 0.1) is 6.33 Å². The summed E-state index contributed by atoms with van der Waals surface area (Å²) < 4.78 is 0. The van der Waals surface area contributed by atoms with Crippen molar-refractivity contribution in [3.63, 3.8) is 0 Å². The van der Waals surface area contributed by atoms with Crippen LogP contribution >= 0.6 is 0 Å². The minimum atomic E-state index is -0.447. The molecular weight excluding hydrogens is 220 g/mol. The van der Waals surface area contributed by atoms with Crippen molar-refractivity contribution in [1.82, 2.24) is 20.2 Å². The first-order valence-corrected chi connectivity index (χ1v) is 5.84. The molecule has 6 heteroatoms. The topological polar surface area (TPSA) is 78.1 Å². The van der Waals surface area contributed by atoms with Gasteiger partial charge in [-0.05, 0) is 12.8 Å². The van der Waals surface area contributed by atoms with E-state index in [-0.39, 0.29) is 17.9 Å².